The first-order valence-corrected chi connectivity index (χ1v) is 20.9. The fourth-order valence-corrected chi connectivity index (χ4v) is 11.3. The largest absolute Gasteiger partial charge is 0.325 e. The minimum Gasteiger partial charge on any atom is -0.325 e. The molecule has 10 atom stereocenters. The van der Waals surface area contributed by atoms with Crippen LogP contribution in [-0.2, 0) is 9.59 Å². The van der Waals surface area contributed by atoms with E-state index in [4.69, 9.17) is 0 Å². The van der Waals surface area contributed by atoms with Crippen molar-refractivity contribution in [2.24, 2.45) is 23.7 Å². The van der Waals surface area contributed by atoms with Gasteiger partial charge in [0.1, 0.15) is 0 Å². The zero-order chi connectivity index (χ0) is 35.0. The number of benzene rings is 2. The van der Waals surface area contributed by atoms with E-state index in [0.29, 0.717) is 47.6 Å². The van der Waals surface area contributed by atoms with Crippen molar-refractivity contribution in [3.63, 3.8) is 0 Å². The molecule has 0 aromatic heterocycles. The van der Waals surface area contributed by atoms with Gasteiger partial charge in [0.05, 0.1) is 12.1 Å². The predicted molar refractivity (Wildman–Crippen MR) is 210 cm³/mol. The summed E-state index contributed by atoms with van der Waals surface area (Å²) in [6.45, 7) is 0. The maximum absolute atomic E-state index is 13.2. The average molecular weight is 699 g/mol. The molecule has 4 fully saturated rings. The molecule has 2 amide bonds. The van der Waals surface area contributed by atoms with Crippen molar-refractivity contribution in [3.05, 3.63) is 95.1 Å². The van der Waals surface area contributed by atoms with Gasteiger partial charge in [0.15, 0.2) is 0 Å². The van der Waals surface area contributed by atoms with Crippen LogP contribution < -0.4 is 21.3 Å². The molecule has 8 aliphatic carbocycles. The van der Waals surface area contributed by atoms with Gasteiger partial charge in [-0.2, -0.15) is 0 Å². The van der Waals surface area contributed by atoms with Gasteiger partial charge in [0.2, 0.25) is 11.8 Å². The summed E-state index contributed by atoms with van der Waals surface area (Å²) in [5, 5.41) is 13.7. The lowest BCUT2D eigenvalue weighted by Gasteiger charge is -2.34. The minimum atomic E-state index is -0.0645. The number of carbonyl (C=O) groups is 2. The summed E-state index contributed by atoms with van der Waals surface area (Å²) < 4.78 is 0. The number of nitrogens with one attached hydrogen (secondary N) is 4. The molecule has 6 nitrogen and oxygen atoms in total. The fraction of sp³-hybridized carbons (Fsp3) is 0.565. The van der Waals surface area contributed by atoms with Crippen molar-refractivity contribution >= 4 is 23.2 Å². The van der Waals surface area contributed by atoms with E-state index in [1.165, 1.54) is 93.7 Å². The summed E-state index contributed by atoms with van der Waals surface area (Å²) in [5.41, 5.74) is 7.57. The third-order valence-electron chi connectivity index (χ3n) is 14.3. The van der Waals surface area contributed by atoms with E-state index < -0.39 is 0 Å². The van der Waals surface area contributed by atoms with Crippen LogP contribution in [0.5, 0.6) is 0 Å². The van der Waals surface area contributed by atoms with Crippen LogP contribution in [0.15, 0.2) is 84.0 Å². The number of hydrogen-bond acceptors (Lipinski definition) is 4. The summed E-state index contributed by atoms with van der Waals surface area (Å²) in [7, 11) is 0. The zero-order valence-corrected chi connectivity index (χ0v) is 30.8. The van der Waals surface area contributed by atoms with Gasteiger partial charge in [-0.3, -0.25) is 9.59 Å². The Balaban J connectivity index is 0.833. The number of allylic oxidation sites excluding steroid dienone is 6. The molecular weight excluding hydrogens is 641 g/mol. The Morgan fingerprint density at radius 3 is 1.85 bits per heavy atom. The van der Waals surface area contributed by atoms with Gasteiger partial charge < -0.3 is 21.3 Å². The SMILES string of the molecule is O=C(Nc1ccc([C@@H]2C[C@H]3CC=C2CCC2=C[C@@H](c4ccc(NC(=O)[C@@H]5C[C@@H]6CCCC[C@@H]6N5)cc4)C(C=C2)CC3)cc1)[C@@H]1C[C@@H]2CCCC[C@@H]2N1. The van der Waals surface area contributed by atoms with Crippen LogP contribution in [0.25, 0.3) is 0 Å². The van der Waals surface area contributed by atoms with Crippen LogP contribution in [-0.4, -0.2) is 36.0 Å². The Morgan fingerprint density at radius 2 is 1.23 bits per heavy atom. The minimum absolute atomic E-state index is 0.0613. The molecule has 2 heterocycles. The first-order chi connectivity index (χ1) is 25.5. The van der Waals surface area contributed by atoms with Gasteiger partial charge in [0, 0.05) is 35.3 Å². The molecule has 0 spiro atoms. The summed E-state index contributed by atoms with van der Waals surface area (Å²) in [6.07, 6.45) is 29.0. The van der Waals surface area contributed by atoms with Gasteiger partial charge in [-0.15, -0.1) is 0 Å². The second kappa shape index (κ2) is 15.1. The Bertz CT molecular complexity index is 1680. The molecule has 12 rings (SSSR count). The lowest BCUT2D eigenvalue weighted by atomic mass is 9.70. The Kier molecular flexibility index (Phi) is 9.96. The number of rotatable bonds is 6. The maximum Gasteiger partial charge on any atom is 0.241 e. The third kappa shape index (κ3) is 7.35. The van der Waals surface area contributed by atoms with Gasteiger partial charge in [-0.1, -0.05) is 85.4 Å². The molecule has 2 saturated heterocycles. The molecule has 52 heavy (non-hydrogen) atoms. The summed E-state index contributed by atoms with van der Waals surface area (Å²) in [5.74, 6) is 3.56. The molecule has 1 unspecified atom stereocenters. The fourth-order valence-electron chi connectivity index (χ4n) is 11.3. The van der Waals surface area contributed by atoms with E-state index in [1.54, 1.807) is 5.57 Å². The number of anilines is 2. The average Bonchev–Trinajstić information content (AvgIpc) is 3.82. The molecule has 4 bridgehead atoms. The van der Waals surface area contributed by atoms with E-state index in [-0.39, 0.29) is 23.9 Å². The lowest BCUT2D eigenvalue weighted by molar-refractivity contribution is -0.118. The molecule has 4 N–H and O–H groups in total. The highest BCUT2D eigenvalue weighted by molar-refractivity contribution is 5.95. The Hall–Kier alpha value is -3.48. The van der Waals surface area contributed by atoms with E-state index in [1.807, 2.05) is 0 Å². The van der Waals surface area contributed by atoms with Crippen molar-refractivity contribution in [1.82, 2.24) is 10.6 Å². The molecule has 2 aromatic rings. The summed E-state index contributed by atoms with van der Waals surface area (Å²) in [6, 6.07) is 18.5. The van der Waals surface area contributed by atoms with Gasteiger partial charge in [-0.25, -0.2) is 0 Å². The number of carbonyl (C=O) groups excluding carboxylic acids is 2. The first-order valence-electron chi connectivity index (χ1n) is 20.9. The van der Waals surface area contributed by atoms with E-state index in [0.717, 1.165) is 37.1 Å². The predicted octanol–water partition coefficient (Wildman–Crippen LogP) is 9.30. The molecule has 2 aliphatic heterocycles. The van der Waals surface area contributed by atoms with Crippen LogP contribution in [0.3, 0.4) is 0 Å². The van der Waals surface area contributed by atoms with E-state index in [2.05, 4.69) is 94.1 Å². The molecular formula is C46H58N4O2. The topological polar surface area (TPSA) is 82.3 Å². The molecule has 2 aromatic carbocycles. The molecule has 10 aliphatic rings. The monoisotopic (exact) mass is 698 g/mol. The highest BCUT2D eigenvalue weighted by Crippen LogP contribution is 2.45. The first kappa shape index (κ1) is 34.3. The van der Waals surface area contributed by atoms with Gasteiger partial charge in [0.25, 0.3) is 0 Å². The van der Waals surface area contributed by atoms with Gasteiger partial charge >= 0.3 is 0 Å². The normalized spacial score (nSPS) is 35.4. The standard InChI is InChI=1S/C46H58N4O2/c51-45(43-27-35-5-1-3-7-41(35)49-43)47-37-21-17-33(18-22-37)39-25-29-9-13-31(39)15-11-30-10-14-32(16-12-29)40(26-30)34-19-23-38(24-20-34)48-46(52)44-28-36-6-2-4-8-42(36)50-44/h9,13-14,17-25,30-31,35-36,39-44,49-50H,1-8,10-12,15-16,26-28H2,(H,47,51)(H,48,52)/t30-,31?,35-,36-,39+,40+,41-,42-,43-,44-/m0/s1. The smallest absolute Gasteiger partial charge is 0.241 e. The molecule has 6 heteroatoms. The van der Waals surface area contributed by atoms with Crippen molar-refractivity contribution in [2.75, 3.05) is 10.6 Å². The van der Waals surface area contributed by atoms with Crippen LogP contribution in [0, 0.1) is 23.7 Å². The molecule has 2 saturated carbocycles. The van der Waals surface area contributed by atoms with Crippen LogP contribution >= 0.6 is 0 Å². The van der Waals surface area contributed by atoms with Crippen molar-refractivity contribution in [3.8, 4) is 0 Å². The van der Waals surface area contributed by atoms with Crippen molar-refractivity contribution in [1.29, 1.82) is 0 Å². The van der Waals surface area contributed by atoms with Crippen LogP contribution in [0.2, 0.25) is 0 Å². The van der Waals surface area contributed by atoms with Crippen molar-refractivity contribution < 1.29 is 9.59 Å². The van der Waals surface area contributed by atoms with Crippen LogP contribution in [0.4, 0.5) is 11.4 Å². The van der Waals surface area contributed by atoms with Crippen LogP contribution in [0.1, 0.15) is 126 Å². The second-order valence-electron chi connectivity index (χ2n) is 17.5. The quantitative estimate of drug-likeness (QED) is 0.227. The highest BCUT2D eigenvalue weighted by atomic mass is 16.2. The molecule has 0 radical (unpaired) electrons. The number of amides is 2. The third-order valence-corrected chi connectivity index (χ3v) is 14.3. The molecule has 274 valence electrons. The summed E-state index contributed by atoms with van der Waals surface area (Å²) >= 11 is 0. The zero-order valence-electron chi connectivity index (χ0n) is 30.8. The van der Waals surface area contributed by atoms with E-state index in [9.17, 15) is 9.59 Å². The highest BCUT2D eigenvalue weighted by Gasteiger charge is 2.39. The second-order valence-corrected chi connectivity index (χ2v) is 17.5. The number of fused-ring (bicyclic) bond motifs is 2. The summed E-state index contributed by atoms with van der Waals surface area (Å²) in [4.78, 5) is 26.3. The maximum atomic E-state index is 13.2. The number of hydrogen-bond donors (Lipinski definition) is 4. The van der Waals surface area contributed by atoms with Crippen molar-refractivity contribution in [2.45, 2.75) is 139 Å². The lowest BCUT2D eigenvalue weighted by Crippen LogP contribution is -2.39. The Labute approximate surface area is 310 Å². The van der Waals surface area contributed by atoms with Gasteiger partial charge in [-0.05, 0) is 136 Å². The van der Waals surface area contributed by atoms with E-state index >= 15 is 0 Å². The Morgan fingerprint density at radius 1 is 0.635 bits per heavy atom.